The summed E-state index contributed by atoms with van der Waals surface area (Å²) in [5.74, 6) is 0.980. The first-order chi connectivity index (χ1) is 15.6. The van der Waals surface area contributed by atoms with Crippen molar-refractivity contribution < 1.29 is 9.52 Å². The molecule has 2 aromatic carbocycles. The number of hydrogen-bond acceptors (Lipinski definition) is 7. The first-order valence-corrected chi connectivity index (χ1v) is 11.3. The van der Waals surface area contributed by atoms with Crippen LogP contribution in [0.2, 0.25) is 0 Å². The van der Waals surface area contributed by atoms with Gasteiger partial charge in [0.2, 0.25) is 5.78 Å². The van der Waals surface area contributed by atoms with Gasteiger partial charge < -0.3 is 9.52 Å². The van der Waals surface area contributed by atoms with Gasteiger partial charge in [0.15, 0.2) is 5.16 Å². The van der Waals surface area contributed by atoms with Crippen LogP contribution in [0, 0.1) is 0 Å². The molecule has 0 fully saturated rings. The van der Waals surface area contributed by atoms with E-state index in [0.717, 1.165) is 29.3 Å². The van der Waals surface area contributed by atoms with E-state index in [1.54, 1.807) is 16.7 Å². The molecule has 0 aliphatic carbocycles. The van der Waals surface area contributed by atoms with Gasteiger partial charge in [0.05, 0.1) is 10.9 Å². The standard InChI is InChI=1S/C23H20N4O4S/c1-2-3-10-26-21(30)17-6-4-5-7-18(17)27-22(26)24-25-23(27)32-13-14-11-20(29)31-19-12-15(28)8-9-16(14)19/h4-9,11-12,28H,2-3,10,13H2,1H3. The summed E-state index contributed by atoms with van der Waals surface area (Å²) in [6, 6.07) is 13.6. The highest BCUT2D eigenvalue weighted by Crippen LogP contribution is 2.28. The van der Waals surface area contributed by atoms with Gasteiger partial charge in [-0.3, -0.25) is 13.8 Å². The lowest BCUT2D eigenvalue weighted by atomic mass is 10.1. The van der Waals surface area contributed by atoms with Crippen molar-refractivity contribution in [3.05, 3.63) is 74.9 Å². The average molecular weight is 449 g/mol. The molecule has 0 amide bonds. The average Bonchev–Trinajstić information content (AvgIpc) is 3.21. The third-order valence-corrected chi connectivity index (χ3v) is 6.36. The molecule has 0 aliphatic rings. The number of hydrogen-bond donors (Lipinski definition) is 1. The van der Waals surface area contributed by atoms with Crippen molar-refractivity contribution in [1.29, 1.82) is 0 Å². The van der Waals surface area contributed by atoms with Crippen LogP contribution in [-0.2, 0) is 12.3 Å². The fourth-order valence-electron chi connectivity index (χ4n) is 3.83. The zero-order chi connectivity index (χ0) is 22.2. The maximum absolute atomic E-state index is 13.1. The Bertz CT molecular complexity index is 1580. The number of nitrogens with zero attached hydrogens (tertiary/aromatic N) is 4. The van der Waals surface area contributed by atoms with Crippen LogP contribution in [-0.4, -0.2) is 24.3 Å². The number of thioether (sulfide) groups is 1. The zero-order valence-corrected chi connectivity index (χ0v) is 18.1. The van der Waals surface area contributed by atoms with Crippen molar-refractivity contribution >= 4 is 39.4 Å². The quantitative estimate of drug-likeness (QED) is 0.310. The first kappa shape index (κ1) is 20.3. The second kappa shape index (κ2) is 8.16. The summed E-state index contributed by atoms with van der Waals surface area (Å²) < 4.78 is 8.80. The third kappa shape index (κ3) is 3.44. The summed E-state index contributed by atoms with van der Waals surface area (Å²) in [6.07, 6.45) is 1.82. The van der Waals surface area contributed by atoms with Crippen molar-refractivity contribution in [3.63, 3.8) is 0 Å². The van der Waals surface area contributed by atoms with E-state index in [-0.39, 0.29) is 11.3 Å². The van der Waals surface area contributed by atoms with E-state index in [4.69, 9.17) is 4.42 Å². The molecule has 8 nitrogen and oxygen atoms in total. The number of aryl methyl sites for hydroxylation is 1. The van der Waals surface area contributed by atoms with Crippen LogP contribution in [0.5, 0.6) is 5.75 Å². The molecule has 0 aliphatic heterocycles. The predicted molar refractivity (Wildman–Crippen MR) is 123 cm³/mol. The minimum absolute atomic E-state index is 0.0328. The number of aromatic hydroxyl groups is 1. The highest BCUT2D eigenvalue weighted by Gasteiger charge is 2.17. The van der Waals surface area contributed by atoms with Gasteiger partial charge in [-0.25, -0.2) is 4.79 Å². The van der Waals surface area contributed by atoms with Crippen LogP contribution in [0.15, 0.2) is 67.7 Å². The zero-order valence-electron chi connectivity index (χ0n) is 17.3. The van der Waals surface area contributed by atoms with Crippen molar-refractivity contribution in [2.75, 3.05) is 0 Å². The van der Waals surface area contributed by atoms with Crippen LogP contribution in [0.25, 0.3) is 27.6 Å². The normalized spacial score (nSPS) is 11.7. The van der Waals surface area contributed by atoms with E-state index in [2.05, 4.69) is 17.1 Å². The summed E-state index contributed by atoms with van der Waals surface area (Å²) in [7, 11) is 0. The molecule has 0 saturated heterocycles. The largest absolute Gasteiger partial charge is 0.508 e. The monoisotopic (exact) mass is 448 g/mol. The van der Waals surface area contributed by atoms with Gasteiger partial charge in [0.25, 0.3) is 5.56 Å². The molecule has 0 saturated carbocycles. The molecule has 0 atom stereocenters. The van der Waals surface area contributed by atoms with E-state index in [9.17, 15) is 14.7 Å². The summed E-state index contributed by atoms with van der Waals surface area (Å²) in [4.78, 5) is 25.1. The van der Waals surface area contributed by atoms with Crippen molar-refractivity contribution in [1.82, 2.24) is 19.2 Å². The molecular formula is C23H20N4O4S. The third-order valence-electron chi connectivity index (χ3n) is 5.38. The number of fused-ring (bicyclic) bond motifs is 4. The molecule has 3 aromatic heterocycles. The molecule has 5 rings (SSSR count). The van der Waals surface area contributed by atoms with E-state index in [1.165, 1.54) is 23.9 Å². The molecule has 0 spiro atoms. The second-order valence-electron chi connectivity index (χ2n) is 7.51. The molecule has 3 heterocycles. The first-order valence-electron chi connectivity index (χ1n) is 10.3. The van der Waals surface area contributed by atoms with Crippen LogP contribution >= 0.6 is 11.8 Å². The molecule has 9 heteroatoms. The van der Waals surface area contributed by atoms with E-state index in [1.807, 2.05) is 28.7 Å². The minimum Gasteiger partial charge on any atom is -0.508 e. The highest BCUT2D eigenvalue weighted by atomic mass is 32.2. The number of phenolic OH excluding ortho intramolecular Hbond substituents is 1. The number of unbranched alkanes of at least 4 members (excludes halogenated alkanes) is 1. The van der Waals surface area contributed by atoms with Gasteiger partial charge in [0, 0.05) is 29.8 Å². The van der Waals surface area contributed by atoms with Gasteiger partial charge in [-0.2, -0.15) is 0 Å². The predicted octanol–water partition coefficient (Wildman–Crippen LogP) is 3.95. The van der Waals surface area contributed by atoms with Crippen LogP contribution in [0.1, 0.15) is 25.3 Å². The van der Waals surface area contributed by atoms with Crippen molar-refractivity contribution in [2.45, 2.75) is 37.2 Å². The van der Waals surface area contributed by atoms with Gasteiger partial charge in [-0.05, 0) is 36.2 Å². The van der Waals surface area contributed by atoms with Crippen LogP contribution in [0.3, 0.4) is 0 Å². The van der Waals surface area contributed by atoms with E-state index >= 15 is 0 Å². The molecule has 32 heavy (non-hydrogen) atoms. The molecule has 162 valence electrons. The van der Waals surface area contributed by atoms with E-state index in [0.29, 0.717) is 34.2 Å². The summed E-state index contributed by atoms with van der Waals surface area (Å²) >= 11 is 1.42. The second-order valence-corrected chi connectivity index (χ2v) is 8.45. The van der Waals surface area contributed by atoms with E-state index < -0.39 is 5.63 Å². The highest BCUT2D eigenvalue weighted by molar-refractivity contribution is 7.98. The Kier molecular flexibility index (Phi) is 5.18. The van der Waals surface area contributed by atoms with Crippen molar-refractivity contribution in [2.24, 2.45) is 0 Å². The summed E-state index contributed by atoms with van der Waals surface area (Å²) in [5, 5.41) is 20.4. The number of benzene rings is 2. The number of phenols is 1. The Balaban J connectivity index is 1.62. The van der Waals surface area contributed by atoms with Crippen LogP contribution in [0.4, 0.5) is 0 Å². The van der Waals surface area contributed by atoms with Gasteiger partial charge in [-0.1, -0.05) is 37.2 Å². The maximum atomic E-state index is 13.1. The van der Waals surface area contributed by atoms with Gasteiger partial charge in [-0.15, -0.1) is 10.2 Å². The Hall–Kier alpha value is -3.59. The molecule has 5 aromatic rings. The Morgan fingerprint density at radius 3 is 2.75 bits per heavy atom. The molecular weight excluding hydrogens is 428 g/mol. The fourth-order valence-corrected chi connectivity index (χ4v) is 4.76. The maximum Gasteiger partial charge on any atom is 0.336 e. The lowest BCUT2D eigenvalue weighted by Crippen LogP contribution is -2.23. The smallest absolute Gasteiger partial charge is 0.336 e. The van der Waals surface area contributed by atoms with Crippen LogP contribution < -0.4 is 11.2 Å². The number of rotatable bonds is 6. The summed E-state index contributed by atoms with van der Waals surface area (Å²) in [5.41, 5.74) is 1.29. The summed E-state index contributed by atoms with van der Waals surface area (Å²) in [6.45, 7) is 2.65. The lowest BCUT2D eigenvalue weighted by molar-refractivity contribution is 0.473. The SMILES string of the molecule is CCCCn1c(=O)c2ccccc2n2c(SCc3cc(=O)oc4cc(O)ccc34)nnc12. The fraction of sp³-hybridized carbons (Fsp3) is 0.217. The topological polar surface area (TPSA) is 103 Å². The Morgan fingerprint density at radius 1 is 1.06 bits per heavy atom. The molecule has 0 radical (unpaired) electrons. The lowest BCUT2D eigenvalue weighted by Gasteiger charge is -2.11. The molecule has 0 bridgehead atoms. The Labute approximate surface area is 186 Å². The number of para-hydroxylation sites is 1. The molecule has 0 unspecified atom stereocenters. The molecule has 1 N–H and O–H groups in total. The van der Waals surface area contributed by atoms with Gasteiger partial charge in [0.1, 0.15) is 11.3 Å². The van der Waals surface area contributed by atoms with Crippen molar-refractivity contribution in [3.8, 4) is 5.75 Å². The minimum atomic E-state index is -0.483. The number of aromatic nitrogens is 4. The Morgan fingerprint density at radius 2 is 1.91 bits per heavy atom. The van der Waals surface area contributed by atoms with Gasteiger partial charge >= 0.3 is 5.63 Å².